The van der Waals surface area contributed by atoms with Crippen LogP contribution in [0.1, 0.15) is 49.3 Å². The second-order valence-corrected chi connectivity index (χ2v) is 8.24. The maximum absolute atomic E-state index is 13.6. The van der Waals surface area contributed by atoms with E-state index < -0.39 is 12.5 Å². The fourth-order valence-corrected chi connectivity index (χ4v) is 4.51. The van der Waals surface area contributed by atoms with Crippen LogP contribution in [0.2, 0.25) is 0 Å². The van der Waals surface area contributed by atoms with E-state index in [2.05, 4.69) is 15.4 Å². The van der Waals surface area contributed by atoms with E-state index in [4.69, 9.17) is 0 Å². The Balaban J connectivity index is 1.46. The van der Waals surface area contributed by atoms with Crippen molar-refractivity contribution < 1.29 is 13.6 Å². The van der Waals surface area contributed by atoms with Gasteiger partial charge in [0.15, 0.2) is 0 Å². The lowest BCUT2D eigenvalue weighted by atomic mass is 9.85. The van der Waals surface area contributed by atoms with Crippen LogP contribution < -0.4 is 5.32 Å². The van der Waals surface area contributed by atoms with Crippen LogP contribution in [0.4, 0.5) is 14.7 Å². The lowest BCUT2D eigenvalue weighted by molar-refractivity contribution is -0.134. The van der Waals surface area contributed by atoms with E-state index >= 15 is 0 Å². The zero-order chi connectivity index (χ0) is 20.5. The molecular formula is C21H27F2N5O. The summed E-state index contributed by atoms with van der Waals surface area (Å²) in [6, 6.07) is 6.92. The number of nitrogens with zero attached hydrogens (tertiary/aromatic N) is 4. The Morgan fingerprint density at radius 3 is 2.76 bits per heavy atom. The molecule has 2 aliphatic heterocycles. The quantitative estimate of drug-likeness (QED) is 0.847. The second-order valence-electron chi connectivity index (χ2n) is 8.24. The van der Waals surface area contributed by atoms with Crippen molar-refractivity contribution in [2.45, 2.75) is 57.5 Å². The molecule has 3 heterocycles. The Hall–Kier alpha value is -2.51. The maximum atomic E-state index is 13.6. The number of aryl methyl sites for hydroxylation is 1. The zero-order valence-electron chi connectivity index (χ0n) is 16.8. The number of hydrogen-bond acceptors (Lipinski definition) is 4. The number of carbonyl (C=O) groups excluding carboxylic acids is 1. The van der Waals surface area contributed by atoms with Gasteiger partial charge in [0.2, 0.25) is 11.9 Å². The maximum Gasteiger partial charge on any atom is 0.260 e. The van der Waals surface area contributed by atoms with Crippen molar-refractivity contribution in [2.24, 2.45) is 5.92 Å². The number of rotatable bonds is 4. The van der Waals surface area contributed by atoms with E-state index in [-0.39, 0.29) is 30.2 Å². The summed E-state index contributed by atoms with van der Waals surface area (Å²) in [7, 11) is 0. The molecule has 0 bridgehead atoms. The topological polar surface area (TPSA) is 63.1 Å². The molecule has 6 nitrogen and oxygen atoms in total. The van der Waals surface area contributed by atoms with Gasteiger partial charge in [0.05, 0.1) is 5.92 Å². The molecule has 1 aromatic carbocycles. The summed E-state index contributed by atoms with van der Waals surface area (Å²) in [6.45, 7) is 5.25. The normalized spacial score (nSPS) is 25.4. The van der Waals surface area contributed by atoms with Crippen molar-refractivity contribution in [1.82, 2.24) is 19.7 Å². The number of alkyl halides is 2. The van der Waals surface area contributed by atoms with Gasteiger partial charge in [-0.3, -0.25) is 4.79 Å². The number of carbonyl (C=O) groups is 1. The van der Waals surface area contributed by atoms with Crippen LogP contribution in [0.25, 0.3) is 0 Å². The van der Waals surface area contributed by atoms with Gasteiger partial charge in [0.1, 0.15) is 12.4 Å². The number of nitrogens with one attached hydrogen (secondary N) is 1. The largest absolute Gasteiger partial charge is 0.351 e. The smallest absolute Gasteiger partial charge is 0.260 e. The Kier molecular flexibility index (Phi) is 5.52. The Bertz CT molecular complexity index is 853. The van der Waals surface area contributed by atoms with E-state index in [1.807, 2.05) is 43.0 Å². The minimum absolute atomic E-state index is 0.0999. The zero-order valence-corrected chi connectivity index (χ0v) is 16.8. The van der Waals surface area contributed by atoms with E-state index in [1.165, 1.54) is 11.0 Å². The van der Waals surface area contributed by atoms with Crippen LogP contribution in [0.15, 0.2) is 30.6 Å². The summed E-state index contributed by atoms with van der Waals surface area (Å²) >= 11 is 0. The molecule has 0 saturated carbocycles. The molecular weight excluding hydrogens is 376 g/mol. The van der Waals surface area contributed by atoms with Gasteiger partial charge in [0.25, 0.3) is 6.43 Å². The average molecular weight is 403 g/mol. The highest BCUT2D eigenvalue weighted by Crippen LogP contribution is 2.35. The van der Waals surface area contributed by atoms with Crippen molar-refractivity contribution in [3.8, 4) is 0 Å². The third-order valence-electron chi connectivity index (χ3n) is 6.27. The van der Waals surface area contributed by atoms with E-state index in [0.29, 0.717) is 19.0 Å². The summed E-state index contributed by atoms with van der Waals surface area (Å²) in [5.41, 5.74) is 2.17. The predicted molar refractivity (Wildman–Crippen MR) is 106 cm³/mol. The summed E-state index contributed by atoms with van der Waals surface area (Å²) < 4.78 is 28.4. The van der Waals surface area contributed by atoms with Gasteiger partial charge in [-0.2, -0.15) is 10.1 Å². The lowest BCUT2D eigenvalue weighted by Gasteiger charge is -2.41. The number of amides is 1. The first-order valence-corrected chi connectivity index (χ1v) is 10.2. The predicted octanol–water partition coefficient (Wildman–Crippen LogP) is 3.62. The molecule has 2 aliphatic rings. The third kappa shape index (κ3) is 3.97. The second kappa shape index (κ2) is 8.08. The van der Waals surface area contributed by atoms with Gasteiger partial charge in [-0.15, -0.1) is 0 Å². The molecule has 4 rings (SSSR count). The number of fused-ring (bicyclic) bond motifs is 1. The van der Waals surface area contributed by atoms with Crippen molar-refractivity contribution >= 4 is 11.9 Å². The molecule has 2 unspecified atom stereocenters. The number of likely N-dealkylation sites (tertiary alicyclic amines) is 1. The van der Waals surface area contributed by atoms with E-state index in [0.717, 1.165) is 24.0 Å². The number of halogens is 2. The minimum atomic E-state index is -2.50. The summed E-state index contributed by atoms with van der Waals surface area (Å²) in [6.07, 6.45) is 0.878. The molecule has 1 aromatic heterocycles. The van der Waals surface area contributed by atoms with Gasteiger partial charge in [-0.05, 0) is 44.6 Å². The molecule has 1 amide bonds. The summed E-state index contributed by atoms with van der Waals surface area (Å²) in [5, 5.41) is 7.22. The van der Waals surface area contributed by atoms with E-state index in [9.17, 15) is 13.6 Å². The first-order valence-electron chi connectivity index (χ1n) is 10.2. The summed E-state index contributed by atoms with van der Waals surface area (Å²) in [5.74, 6) is 0.390. The van der Waals surface area contributed by atoms with Crippen molar-refractivity contribution in [3.05, 3.63) is 41.7 Å². The lowest BCUT2D eigenvalue weighted by Crippen LogP contribution is -2.49. The highest BCUT2D eigenvalue weighted by atomic mass is 19.3. The van der Waals surface area contributed by atoms with Gasteiger partial charge in [-0.25, -0.2) is 13.5 Å². The monoisotopic (exact) mass is 403 g/mol. The molecule has 1 fully saturated rings. The molecule has 0 spiro atoms. The van der Waals surface area contributed by atoms with Crippen LogP contribution in [-0.2, 0) is 4.79 Å². The van der Waals surface area contributed by atoms with Crippen LogP contribution >= 0.6 is 0 Å². The number of anilines is 1. The number of aromatic nitrogens is 3. The summed E-state index contributed by atoms with van der Waals surface area (Å²) in [4.78, 5) is 19.1. The van der Waals surface area contributed by atoms with Crippen LogP contribution in [0.3, 0.4) is 0 Å². The molecule has 1 saturated heterocycles. The number of hydrogen-bond donors (Lipinski definition) is 1. The Morgan fingerprint density at radius 2 is 2.03 bits per heavy atom. The van der Waals surface area contributed by atoms with Crippen LogP contribution in [0.5, 0.6) is 0 Å². The fourth-order valence-electron chi connectivity index (χ4n) is 4.51. The first kappa shape index (κ1) is 19.8. The Labute approximate surface area is 169 Å². The van der Waals surface area contributed by atoms with Crippen molar-refractivity contribution in [3.63, 3.8) is 0 Å². The van der Waals surface area contributed by atoms with Gasteiger partial charge < -0.3 is 10.2 Å². The molecule has 2 aromatic rings. The Morgan fingerprint density at radius 1 is 1.28 bits per heavy atom. The standard InChI is InChI=1S/C21H27F2N5O/c1-13-5-7-15(8-6-13)14(2)20(29)27-9-3-4-16(11-27)17-10-18(19(22)23)28-21(26-17)24-12-25-28/h5-8,12,14,16-19H,3-4,9-11H2,1-2H3,(H,24,25,26)/t14?,16?,17-,18+/m0/s1. The average Bonchev–Trinajstić information content (AvgIpc) is 3.21. The molecule has 156 valence electrons. The molecule has 1 N–H and O–H groups in total. The molecule has 0 radical (unpaired) electrons. The third-order valence-corrected chi connectivity index (χ3v) is 6.27. The van der Waals surface area contributed by atoms with Gasteiger partial charge in [-0.1, -0.05) is 29.8 Å². The number of benzene rings is 1. The molecule has 4 atom stereocenters. The minimum Gasteiger partial charge on any atom is -0.351 e. The molecule has 8 heteroatoms. The van der Waals surface area contributed by atoms with Crippen molar-refractivity contribution in [1.29, 1.82) is 0 Å². The van der Waals surface area contributed by atoms with Crippen molar-refractivity contribution in [2.75, 3.05) is 18.4 Å². The SMILES string of the molecule is Cc1ccc(C(C)C(=O)N2CCCC([C@@H]3C[C@H](C(F)F)n4ncnc4N3)C2)cc1. The van der Waals surface area contributed by atoms with E-state index in [1.54, 1.807) is 0 Å². The highest BCUT2D eigenvalue weighted by molar-refractivity contribution is 5.83. The fraction of sp³-hybridized carbons (Fsp3) is 0.571. The first-order chi connectivity index (χ1) is 13.9. The van der Waals surface area contributed by atoms with Crippen LogP contribution in [0, 0.1) is 12.8 Å². The van der Waals surface area contributed by atoms with Gasteiger partial charge >= 0.3 is 0 Å². The highest BCUT2D eigenvalue weighted by Gasteiger charge is 2.39. The number of piperidine rings is 1. The van der Waals surface area contributed by atoms with Crippen LogP contribution in [-0.4, -0.2) is 51.1 Å². The molecule has 0 aliphatic carbocycles. The van der Waals surface area contributed by atoms with Gasteiger partial charge in [0, 0.05) is 19.1 Å². The molecule has 29 heavy (non-hydrogen) atoms.